The van der Waals surface area contributed by atoms with Crippen molar-refractivity contribution in [2.24, 2.45) is 11.3 Å². The third kappa shape index (κ3) is 3.05. The van der Waals surface area contributed by atoms with E-state index < -0.39 is 0 Å². The van der Waals surface area contributed by atoms with Crippen LogP contribution >= 0.6 is 11.5 Å². The summed E-state index contributed by atoms with van der Waals surface area (Å²) in [5.41, 5.74) is 0.109. The Morgan fingerprint density at radius 3 is 3.00 bits per heavy atom. The average molecular weight is 269 g/mol. The van der Waals surface area contributed by atoms with Gasteiger partial charge in [0.05, 0.1) is 12.3 Å². The first-order chi connectivity index (χ1) is 8.48. The minimum absolute atomic E-state index is 0.0930. The summed E-state index contributed by atoms with van der Waals surface area (Å²) in [5, 5.41) is 6.60. The number of hydrogen-bond acceptors (Lipinski definition) is 5. The number of nitrogens with one attached hydrogen (secondary N) is 1. The molecule has 1 saturated heterocycles. The van der Waals surface area contributed by atoms with E-state index >= 15 is 0 Å². The van der Waals surface area contributed by atoms with Crippen molar-refractivity contribution in [1.29, 1.82) is 0 Å². The van der Waals surface area contributed by atoms with E-state index in [9.17, 15) is 4.79 Å². The predicted octanol–water partition coefficient (Wildman–Crippen LogP) is 1.72. The van der Waals surface area contributed by atoms with Gasteiger partial charge in [-0.15, -0.1) is 5.10 Å². The van der Waals surface area contributed by atoms with Crippen LogP contribution < -0.4 is 5.32 Å². The van der Waals surface area contributed by atoms with Crippen LogP contribution in [0.3, 0.4) is 0 Å². The molecule has 1 aromatic heterocycles. The minimum atomic E-state index is -0.0930. The first-order valence-corrected chi connectivity index (χ1v) is 6.93. The molecule has 1 aromatic rings. The summed E-state index contributed by atoms with van der Waals surface area (Å²) in [4.78, 5) is 12.4. The second-order valence-electron chi connectivity index (χ2n) is 5.70. The smallest absolute Gasteiger partial charge is 0.264 e. The predicted molar refractivity (Wildman–Crippen MR) is 69.5 cm³/mol. The molecular formula is C12H19N3O2S. The van der Waals surface area contributed by atoms with E-state index in [1.165, 1.54) is 6.20 Å². The topological polar surface area (TPSA) is 64.1 Å². The summed E-state index contributed by atoms with van der Waals surface area (Å²) >= 11 is 1.12. The molecule has 0 saturated carbocycles. The van der Waals surface area contributed by atoms with Gasteiger partial charge in [-0.3, -0.25) is 4.79 Å². The zero-order chi connectivity index (χ0) is 13.2. The van der Waals surface area contributed by atoms with Gasteiger partial charge in [0, 0.05) is 19.1 Å². The Morgan fingerprint density at radius 2 is 2.39 bits per heavy atom. The number of hydrogen-bond donors (Lipinski definition) is 1. The standard InChI is InChI=1S/C12H19N3O2S/c1-12(2,3)10-8(4-5-17-10)6-13-11(16)9-7-14-15-18-9/h7-8,10H,4-6H2,1-3H3,(H,13,16)/t8-,10+/m1/s1. The van der Waals surface area contributed by atoms with Gasteiger partial charge in [-0.25, -0.2) is 0 Å². The molecule has 100 valence electrons. The fourth-order valence-corrected chi connectivity index (χ4v) is 2.81. The highest BCUT2D eigenvalue weighted by Crippen LogP contribution is 2.34. The zero-order valence-electron chi connectivity index (χ0n) is 11.0. The third-order valence-electron chi connectivity index (χ3n) is 3.18. The molecule has 18 heavy (non-hydrogen) atoms. The van der Waals surface area contributed by atoms with Gasteiger partial charge >= 0.3 is 0 Å². The molecular weight excluding hydrogens is 250 g/mol. The molecule has 2 atom stereocenters. The lowest BCUT2D eigenvalue weighted by Crippen LogP contribution is -2.38. The highest BCUT2D eigenvalue weighted by molar-refractivity contribution is 7.07. The molecule has 1 fully saturated rings. The van der Waals surface area contributed by atoms with Crippen LogP contribution in [0.1, 0.15) is 36.9 Å². The Kier molecular flexibility index (Phi) is 3.97. The van der Waals surface area contributed by atoms with Gasteiger partial charge in [0.1, 0.15) is 4.88 Å². The molecule has 2 rings (SSSR count). The first kappa shape index (κ1) is 13.4. The van der Waals surface area contributed by atoms with Crippen LogP contribution in [0.2, 0.25) is 0 Å². The molecule has 0 unspecified atom stereocenters. The van der Waals surface area contributed by atoms with Crippen LogP contribution in [0.25, 0.3) is 0 Å². The maximum Gasteiger partial charge on any atom is 0.264 e. The van der Waals surface area contributed by atoms with Crippen LogP contribution in [0, 0.1) is 11.3 Å². The molecule has 5 nitrogen and oxygen atoms in total. The summed E-state index contributed by atoms with van der Waals surface area (Å²) < 4.78 is 9.46. The van der Waals surface area contributed by atoms with Crippen LogP contribution in [-0.4, -0.2) is 34.7 Å². The first-order valence-electron chi connectivity index (χ1n) is 6.15. The van der Waals surface area contributed by atoms with Crippen molar-refractivity contribution in [3.05, 3.63) is 11.1 Å². The van der Waals surface area contributed by atoms with E-state index in [2.05, 4.69) is 35.7 Å². The van der Waals surface area contributed by atoms with Crippen molar-refractivity contribution < 1.29 is 9.53 Å². The van der Waals surface area contributed by atoms with Gasteiger partial charge in [-0.05, 0) is 23.4 Å². The lowest BCUT2D eigenvalue weighted by atomic mass is 9.81. The van der Waals surface area contributed by atoms with Crippen molar-refractivity contribution >= 4 is 17.4 Å². The van der Waals surface area contributed by atoms with Crippen LogP contribution in [-0.2, 0) is 4.74 Å². The minimum Gasteiger partial charge on any atom is -0.377 e. The van der Waals surface area contributed by atoms with Crippen LogP contribution in [0.15, 0.2) is 6.20 Å². The van der Waals surface area contributed by atoms with Crippen molar-refractivity contribution in [2.45, 2.75) is 33.3 Å². The van der Waals surface area contributed by atoms with Gasteiger partial charge in [0.25, 0.3) is 5.91 Å². The summed E-state index contributed by atoms with van der Waals surface area (Å²) in [6.07, 6.45) is 2.70. The summed E-state index contributed by atoms with van der Waals surface area (Å²) in [6, 6.07) is 0. The van der Waals surface area contributed by atoms with Gasteiger partial charge in [-0.1, -0.05) is 25.3 Å². The van der Waals surface area contributed by atoms with Crippen LogP contribution in [0.4, 0.5) is 0 Å². The van der Waals surface area contributed by atoms with Crippen molar-refractivity contribution in [1.82, 2.24) is 14.9 Å². The Bertz CT molecular complexity index is 400. The highest BCUT2D eigenvalue weighted by Gasteiger charge is 2.37. The molecule has 0 aromatic carbocycles. The Balaban J connectivity index is 1.88. The molecule has 1 aliphatic rings. The quantitative estimate of drug-likeness (QED) is 0.907. The maximum absolute atomic E-state index is 11.8. The van der Waals surface area contributed by atoms with Crippen molar-refractivity contribution in [2.75, 3.05) is 13.2 Å². The number of nitrogens with zero attached hydrogens (tertiary/aromatic N) is 2. The van der Waals surface area contributed by atoms with E-state index in [0.717, 1.165) is 24.6 Å². The largest absolute Gasteiger partial charge is 0.377 e. The molecule has 0 aliphatic carbocycles. The number of carbonyl (C=O) groups is 1. The normalized spacial score (nSPS) is 24.2. The van der Waals surface area contributed by atoms with E-state index in [4.69, 9.17) is 4.74 Å². The van der Waals surface area contributed by atoms with Gasteiger partial charge in [0.15, 0.2) is 0 Å². The number of aromatic nitrogens is 2. The monoisotopic (exact) mass is 269 g/mol. The van der Waals surface area contributed by atoms with E-state index in [1.54, 1.807) is 0 Å². The maximum atomic E-state index is 11.8. The molecule has 0 bridgehead atoms. The second kappa shape index (κ2) is 5.32. The van der Waals surface area contributed by atoms with E-state index in [0.29, 0.717) is 17.3 Å². The number of amides is 1. The Labute approximate surface area is 111 Å². The van der Waals surface area contributed by atoms with Gasteiger partial charge in [-0.2, -0.15) is 0 Å². The fourth-order valence-electron chi connectivity index (χ4n) is 2.38. The van der Waals surface area contributed by atoms with Crippen LogP contribution in [0.5, 0.6) is 0 Å². The molecule has 6 heteroatoms. The summed E-state index contributed by atoms with van der Waals surface area (Å²) in [7, 11) is 0. The number of carbonyl (C=O) groups excluding carboxylic acids is 1. The second-order valence-corrected chi connectivity index (χ2v) is 6.48. The molecule has 2 heterocycles. The molecule has 0 radical (unpaired) electrons. The summed E-state index contributed by atoms with van der Waals surface area (Å²) in [6.45, 7) is 7.95. The number of ether oxygens (including phenoxy) is 1. The average Bonchev–Trinajstić information content (AvgIpc) is 2.95. The van der Waals surface area contributed by atoms with E-state index in [1.807, 2.05) is 0 Å². The lowest BCUT2D eigenvalue weighted by molar-refractivity contribution is 0.00738. The van der Waals surface area contributed by atoms with E-state index in [-0.39, 0.29) is 17.4 Å². The SMILES string of the molecule is CC(C)(C)[C@H]1OCC[C@@H]1CNC(=O)c1cnns1. The summed E-state index contributed by atoms with van der Waals surface area (Å²) in [5.74, 6) is 0.291. The molecule has 0 spiro atoms. The third-order valence-corrected chi connectivity index (χ3v) is 3.84. The highest BCUT2D eigenvalue weighted by atomic mass is 32.1. The van der Waals surface area contributed by atoms with Crippen molar-refractivity contribution in [3.63, 3.8) is 0 Å². The molecule has 1 aliphatic heterocycles. The zero-order valence-corrected chi connectivity index (χ0v) is 11.8. The fraction of sp³-hybridized carbons (Fsp3) is 0.750. The number of rotatable bonds is 3. The Hall–Kier alpha value is -1.01. The van der Waals surface area contributed by atoms with Gasteiger partial charge in [0.2, 0.25) is 0 Å². The molecule has 1 N–H and O–H groups in total. The van der Waals surface area contributed by atoms with Gasteiger partial charge < -0.3 is 10.1 Å². The lowest BCUT2D eigenvalue weighted by Gasteiger charge is -2.31. The molecule has 1 amide bonds. The Morgan fingerprint density at radius 1 is 1.61 bits per heavy atom. The van der Waals surface area contributed by atoms with Crippen molar-refractivity contribution in [3.8, 4) is 0 Å².